The molecule has 0 radical (unpaired) electrons. The lowest BCUT2D eigenvalue weighted by Crippen LogP contribution is -2.14. The van der Waals surface area contributed by atoms with Gasteiger partial charge in [-0.05, 0) is 13.5 Å². The molecule has 0 aliphatic carbocycles. The molecule has 1 fully saturated rings. The first kappa shape index (κ1) is 9.45. The normalized spacial score (nSPS) is 30.8. The first-order chi connectivity index (χ1) is 5.59. The molecule has 2 atom stereocenters. The van der Waals surface area contributed by atoms with Gasteiger partial charge in [-0.2, -0.15) is 0 Å². The fourth-order valence-electron chi connectivity index (χ4n) is 1.62. The number of carboxylic acids is 1. The smallest absolute Gasteiger partial charge is 0.303 e. The van der Waals surface area contributed by atoms with E-state index in [0.717, 1.165) is 0 Å². The lowest BCUT2D eigenvalue weighted by Gasteiger charge is -2.09. The quantitative estimate of drug-likeness (QED) is 0.688. The van der Waals surface area contributed by atoms with Crippen molar-refractivity contribution in [3.63, 3.8) is 0 Å². The highest BCUT2D eigenvalue weighted by molar-refractivity contribution is 5.66. The van der Waals surface area contributed by atoms with Crippen molar-refractivity contribution in [2.75, 3.05) is 20.1 Å². The average molecular weight is 175 g/mol. The summed E-state index contributed by atoms with van der Waals surface area (Å²) in [6.45, 7) is 1.14. The van der Waals surface area contributed by atoms with Crippen molar-refractivity contribution in [1.82, 2.24) is 4.90 Å². The molecule has 0 amide bonds. The van der Waals surface area contributed by atoms with Crippen LogP contribution in [0.15, 0.2) is 0 Å². The zero-order valence-corrected chi connectivity index (χ0v) is 7.16. The van der Waals surface area contributed by atoms with Gasteiger partial charge in [0.05, 0.1) is 0 Å². The monoisotopic (exact) mass is 175 g/mol. The fraction of sp³-hybridized carbons (Fsp3) is 0.875. The molecule has 0 aromatic carbocycles. The van der Waals surface area contributed by atoms with Gasteiger partial charge in [0.15, 0.2) is 0 Å². The molecular formula is C8H14FNO2. The third-order valence-corrected chi connectivity index (χ3v) is 2.27. The van der Waals surface area contributed by atoms with Gasteiger partial charge in [-0.25, -0.2) is 4.39 Å². The SMILES string of the molecule is CN1C[C@@H](CCC(=O)O)[C@H](F)C1. The number of halogens is 1. The highest BCUT2D eigenvalue weighted by Crippen LogP contribution is 2.22. The Morgan fingerprint density at radius 1 is 1.67 bits per heavy atom. The molecule has 1 heterocycles. The standard InChI is InChI=1S/C8H14FNO2/c1-10-4-6(7(9)5-10)2-3-8(11)12/h6-7H,2-5H2,1H3,(H,11,12)/t6-,7-/m1/s1. The molecule has 1 saturated heterocycles. The summed E-state index contributed by atoms with van der Waals surface area (Å²) < 4.78 is 13.1. The molecule has 1 aliphatic heterocycles. The van der Waals surface area contributed by atoms with Gasteiger partial charge in [0.1, 0.15) is 6.17 Å². The summed E-state index contributed by atoms with van der Waals surface area (Å²) in [6.07, 6.45) is -0.297. The number of aliphatic carboxylic acids is 1. The molecule has 1 N–H and O–H groups in total. The highest BCUT2D eigenvalue weighted by Gasteiger charge is 2.30. The lowest BCUT2D eigenvalue weighted by molar-refractivity contribution is -0.137. The van der Waals surface area contributed by atoms with E-state index in [0.29, 0.717) is 19.5 Å². The number of nitrogens with zero attached hydrogens (tertiary/aromatic N) is 1. The zero-order valence-electron chi connectivity index (χ0n) is 7.16. The van der Waals surface area contributed by atoms with Gasteiger partial charge < -0.3 is 10.0 Å². The Hall–Kier alpha value is -0.640. The fourth-order valence-corrected chi connectivity index (χ4v) is 1.62. The van der Waals surface area contributed by atoms with Crippen molar-refractivity contribution < 1.29 is 14.3 Å². The van der Waals surface area contributed by atoms with E-state index in [1.54, 1.807) is 0 Å². The van der Waals surface area contributed by atoms with E-state index in [1.807, 2.05) is 11.9 Å². The molecule has 3 nitrogen and oxygen atoms in total. The van der Waals surface area contributed by atoms with Gasteiger partial charge >= 0.3 is 5.97 Å². The van der Waals surface area contributed by atoms with Gasteiger partial charge in [0.25, 0.3) is 0 Å². The molecule has 1 rings (SSSR count). The topological polar surface area (TPSA) is 40.5 Å². The molecular weight excluding hydrogens is 161 g/mol. The van der Waals surface area contributed by atoms with Crippen LogP contribution in [-0.2, 0) is 4.79 Å². The summed E-state index contributed by atoms with van der Waals surface area (Å²) in [4.78, 5) is 12.1. The molecule has 0 aromatic rings. The summed E-state index contributed by atoms with van der Waals surface area (Å²) in [5.74, 6) is -0.914. The minimum atomic E-state index is -0.839. The maximum absolute atomic E-state index is 13.1. The number of hydrogen-bond donors (Lipinski definition) is 1. The Morgan fingerprint density at radius 2 is 2.33 bits per heavy atom. The second kappa shape index (κ2) is 3.85. The van der Waals surface area contributed by atoms with Crippen molar-refractivity contribution in [1.29, 1.82) is 0 Å². The molecule has 4 heteroatoms. The molecule has 0 spiro atoms. The van der Waals surface area contributed by atoms with Crippen LogP contribution >= 0.6 is 0 Å². The van der Waals surface area contributed by atoms with Gasteiger partial charge in [0.2, 0.25) is 0 Å². The number of likely N-dealkylation sites (tertiary alicyclic amines) is 1. The summed E-state index contributed by atoms with van der Waals surface area (Å²) >= 11 is 0. The lowest BCUT2D eigenvalue weighted by atomic mass is 10.0. The van der Waals surface area contributed by atoms with Crippen LogP contribution in [-0.4, -0.2) is 42.3 Å². The molecule has 0 saturated carbocycles. The van der Waals surface area contributed by atoms with Crippen LogP contribution < -0.4 is 0 Å². The number of hydrogen-bond acceptors (Lipinski definition) is 2. The highest BCUT2D eigenvalue weighted by atomic mass is 19.1. The largest absolute Gasteiger partial charge is 0.481 e. The molecule has 0 unspecified atom stereocenters. The van der Waals surface area contributed by atoms with Crippen LogP contribution in [0.5, 0.6) is 0 Å². The predicted molar refractivity (Wildman–Crippen MR) is 42.8 cm³/mol. The third-order valence-electron chi connectivity index (χ3n) is 2.27. The second-order valence-electron chi connectivity index (χ2n) is 3.43. The molecule has 12 heavy (non-hydrogen) atoms. The van der Waals surface area contributed by atoms with Crippen molar-refractivity contribution in [2.45, 2.75) is 19.0 Å². The van der Waals surface area contributed by atoms with Crippen LogP contribution in [0.3, 0.4) is 0 Å². The van der Waals surface area contributed by atoms with E-state index in [2.05, 4.69) is 0 Å². The van der Waals surface area contributed by atoms with E-state index < -0.39 is 12.1 Å². The van der Waals surface area contributed by atoms with Crippen LogP contribution in [0.4, 0.5) is 4.39 Å². The van der Waals surface area contributed by atoms with Gasteiger partial charge in [0, 0.05) is 25.4 Å². The third kappa shape index (κ3) is 2.44. The van der Waals surface area contributed by atoms with E-state index in [4.69, 9.17) is 5.11 Å². The number of carboxylic acid groups (broad SMARTS) is 1. The first-order valence-corrected chi connectivity index (χ1v) is 4.14. The Morgan fingerprint density at radius 3 is 2.75 bits per heavy atom. The second-order valence-corrected chi connectivity index (χ2v) is 3.43. The van der Waals surface area contributed by atoms with Crippen molar-refractivity contribution in [3.8, 4) is 0 Å². The van der Waals surface area contributed by atoms with E-state index >= 15 is 0 Å². The summed E-state index contributed by atoms with van der Waals surface area (Å²) in [6, 6.07) is 0. The summed E-state index contributed by atoms with van der Waals surface area (Å²) in [5, 5.41) is 8.39. The maximum atomic E-state index is 13.1. The van der Waals surface area contributed by atoms with Crippen molar-refractivity contribution in [3.05, 3.63) is 0 Å². The molecule has 70 valence electrons. The average Bonchev–Trinajstić information content (AvgIpc) is 2.26. The van der Waals surface area contributed by atoms with E-state index in [-0.39, 0.29) is 12.3 Å². The Balaban J connectivity index is 2.28. The van der Waals surface area contributed by atoms with Gasteiger partial charge in [-0.1, -0.05) is 0 Å². The maximum Gasteiger partial charge on any atom is 0.303 e. The van der Waals surface area contributed by atoms with E-state index in [1.165, 1.54) is 0 Å². The molecule has 0 bridgehead atoms. The summed E-state index contributed by atoms with van der Waals surface area (Å²) in [5.41, 5.74) is 0. The van der Waals surface area contributed by atoms with Crippen LogP contribution in [0.1, 0.15) is 12.8 Å². The molecule has 0 aromatic heterocycles. The Kier molecular flexibility index (Phi) is 3.03. The molecule has 1 aliphatic rings. The zero-order chi connectivity index (χ0) is 9.14. The summed E-state index contributed by atoms with van der Waals surface area (Å²) in [7, 11) is 1.85. The van der Waals surface area contributed by atoms with Crippen LogP contribution in [0, 0.1) is 5.92 Å². The van der Waals surface area contributed by atoms with Crippen molar-refractivity contribution in [2.24, 2.45) is 5.92 Å². The van der Waals surface area contributed by atoms with Gasteiger partial charge in [-0.15, -0.1) is 0 Å². The number of carbonyl (C=O) groups is 1. The minimum absolute atomic E-state index is 0.0777. The van der Waals surface area contributed by atoms with Crippen LogP contribution in [0.25, 0.3) is 0 Å². The minimum Gasteiger partial charge on any atom is -0.481 e. The van der Waals surface area contributed by atoms with Crippen molar-refractivity contribution >= 4 is 5.97 Å². The number of alkyl halides is 1. The Bertz CT molecular complexity index is 174. The predicted octanol–water partition coefficient (Wildman–Crippen LogP) is 0.751. The van der Waals surface area contributed by atoms with E-state index in [9.17, 15) is 9.18 Å². The first-order valence-electron chi connectivity index (χ1n) is 4.14. The Labute approximate surface area is 71.2 Å². The van der Waals surface area contributed by atoms with Crippen LogP contribution in [0.2, 0.25) is 0 Å². The van der Waals surface area contributed by atoms with Gasteiger partial charge in [-0.3, -0.25) is 4.79 Å². The number of rotatable bonds is 3.